The van der Waals surface area contributed by atoms with Gasteiger partial charge in [0, 0.05) is 10.7 Å². The molecule has 0 bridgehead atoms. The van der Waals surface area contributed by atoms with Crippen LogP contribution in [0.4, 0.5) is 5.69 Å². The van der Waals surface area contributed by atoms with Crippen LogP contribution in [-0.4, -0.2) is 32.9 Å². The van der Waals surface area contributed by atoms with Gasteiger partial charge in [0.05, 0.1) is 4.90 Å². The highest BCUT2D eigenvalue weighted by atomic mass is 35.5. The number of hydrogen-bond acceptors (Lipinski definition) is 5. The number of amides is 1. The van der Waals surface area contributed by atoms with Crippen LogP contribution in [0.2, 0.25) is 5.02 Å². The minimum Gasteiger partial charge on any atom is -0.454 e. The molecule has 0 spiro atoms. The molecule has 7 nitrogen and oxygen atoms in total. The smallest absolute Gasteiger partial charge is 0.324 e. The van der Waals surface area contributed by atoms with Crippen molar-refractivity contribution in [2.75, 3.05) is 11.9 Å². The first-order valence-corrected chi connectivity index (χ1v) is 10.3. The summed E-state index contributed by atoms with van der Waals surface area (Å²) in [5.41, 5.74) is 0.496. The van der Waals surface area contributed by atoms with Crippen LogP contribution in [0.3, 0.4) is 0 Å². The van der Waals surface area contributed by atoms with Crippen molar-refractivity contribution in [1.29, 1.82) is 0 Å². The summed E-state index contributed by atoms with van der Waals surface area (Å²) < 4.78 is 32.2. The van der Waals surface area contributed by atoms with Gasteiger partial charge in [-0.3, -0.25) is 9.59 Å². The first-order chi connectivity index (χ1) is 13.2. The average Bonchev–Trinajstić information content (AvgIpc) is 2.66. The second-order valence-electron chi connectivity index (χ2n) is 6.32. The zero-order chi connectivity index (χ0) is 20.7. The number of carbonyl (C=O) groups excluding carboxylic acids is 2. The molecule has 0 heterocycles. The number of ether oxygens (including phenoxy) is 1. The second kappa shape index (κ2) is 9.68. The zero-order valence-electron chi connectivity index (χ0n) is 15.4. The van der Waals surface area contributed by atoms with Crippen molar-refractivity contribution in [2.45, 2.75) is 24.8 Å². The minimum absolute atomic E-state index is 0.0360. The molecule has 0 aromatic heterocycles. The third-order valence-corrected chi connectivity index (χ3v) is 5.44. The first-order valence-electron chi connectivity index (χ1n) is 8.48. The number of halogens is 1. The Balaban J connectivity index is 1.97. The van der Waals surface area contributed by atoms with Gasteiger partial charge in [0.1, 0.15) is 6.04 Å². The van der Waals surface area contributed by atoms with Gasteiger partial charge in [-0.15, -0.1) is 0 Å². The molecule has 0 aliphatic heterocycles. The van der Waals surface area contributed by atoms with Crippen LogP contribution in [0.5, 0.6) is 0 Å². The maximum Gasteiger partial charge on any atom is 0.324 e. The Morgan fingerprint density at radius 3 is 2.21 bits per heavy atom. The third-order valence-electron chi connectivity index (χ3n) is 3.73. The summed E-state index contributed by atoms with van der Waals surface area (Å²) >= 11 is 5.77. The number of hydrogen-bond donors (Lipinski definition) is 2. The molecule has 9 heteroatoms. The van der Waals surface area contributed by atoms with E-state index in [0.29, 0.717) is 10.7 Å². The topological polar surface area (TPSA) is 102 Å². The highest BCUT2D eigenvalue weighted by Crippen LogP contribution is 2.14. The summed E-state index contributed by atoms with van der Waals surface area (Å²) in [6, 6.07) is 13.0. The summed E-state index contributed by atoms with van der Waals surface area (Å²) in [7, 11) is -3.90. The number of benzene rings is 2. The van der Waals surface area contributed by atoms with Crippen LogP contribution in [0.1, 0.15) is 13.8 Å². The molecule has 0 saturated heterocycles. The predicted molar refractivity (Wildman–Crippen MR) is 106 cm³/mol. The molecule has 150 valence electrons. The van der Waals surface area contributed by atoms with E-state index < -0.39 is 34.5 Å². The van der Waals surface area contributed by atoms with E-state index in [2.05, 4.69) is 10.0 Å². The van der Waals surface area contributed by atoms with Crippen LogP contribution in [0.25, 0.3) is 0 Å². The Hall–Kier alpha value is -2.42. The summed E-state index contributed by atoms with van der Waals surface area (Å²) in [6.07, 6.45) is 0. The van der Waals surface area contributed by atoms with Gasteiger partial charge in [-0.05, 0) is 42.3 Å². The van der Waals surface area contributed by atoms with Gasteiger partial charge < -0.3 is 10.1 Å². The Bertz CT molecular complexity index is 915. The van der Waals surface area contributed by atoms with E-state index in [0.717, 1.165) is 0 Å². The van der Waals surface area contributed by atoms with E-state index >= 15 is 0 Å². The molecule has 2 rings (SSSR count). The monoisotopic (exact) mass is 424 g/mol. The molecule has 1 amide bonds. The largest absolute Gasteiger partial charge is 0.454 e. The van der Waals surface area contributed by atoms with E-state index in [-0.39, 0.29) is 10.8 Å². The molecule has 0 unspecified atom stereocenters. The molecule has 0 aliphatic rings. The van der Waals surface area contributed by atoms with E-state index in [1.54, 1.807) is 56.3 Å². The standard InChI is InChI=1S/C19H21ClN2O5S/c1-13(2)18(22-28(25,26)16-6-4-3-5-7-16)19(24)27-12-17(23)21-15-10-8-14(20)9-11-15/h3-11,13,18,22H,12H2,1-2H3,(H,21,23)/t18-/m0/s1. The fourth-order valence-electron chi connectivity index (χ4n) is 2.25. The lowest BCUT2D eigenvalue weighted by Gasteiger charge is -2.20. The average molecular weight is 425 g/mol. The van der Waals surface area contributed by atoms with Crippen molar-refractivity contribution in [1.82, 2.24) is 4.72 Å². The molecular formula is C19H21ClN2O5S. The molecule has 0 aliphatic carbocycles. The molecule has 1 atom stereocenters. The maximum atomic E-state index is 12.4. The van der Waals surface area contributed by atoms with Crippen molar-refractivity contribution in [3.05, 3.63) is 59.6 Å². The highest BCUT2D eigenvalue weighted by Gasteiger charge is 2.30. The predicted octanol–water partition coefficient (Wildman–Crippen LogP) is 2.82. The van der Waals surface area contributed by atoms with Gasteiger partial charge in [-0.25, -0.2) is 8.42 Å². The molecule has 28 heavy (non-hydrogen) atoms. The molecule has 2 aromatic rings. The third kappa shape index (κ3) is 6.33. The van der Waals surface area contributed by atoms with Crippen molar-refractivity contribution < 1.29 is 22.7 Å². The van der Waals surface area contributed by atoms with E-state index in [4.69, 9.17) is 16.3 Å². The normalized spacial score (nSPS) is 12.4. The zero-order valence-corrected chi connectivity index (χ0v) is 17.0. The number of sulfonamides is 1. The Morgan fingerprint density at radius 2 is 1.64 bits per heavy atom. The molecule has 2 N–H and O–H groups in total. The Morgan fingerprint density at radius 1 is 1.04 bits per heavy atom. The SMILES string of the molecule is CC(C)[C@H](NS(=O)(=O)c1ccccc1)C(=O)OCC(=O)Nc1ccc(Cl)cc1. The number of anilines is 1. The lowest BCUT2D eigenvalue weighted by Crippen LogP contribution is -2.45. The molecule has 0 radical (unpaired) electrons. The Labute approximate surface area is 169 Å². The summed E-state index contributed by atoms with van der Waals surface area (Å²) in [4.78, 5) is 24.3. The summed E-state index contributed by atoms with van der Waals surface area (Å²) in [5.74, 6) is -1.77. The van der Waals surface area contributed by atoms with Crippen LogP contribution in [0.15, 0.2) is 59.5 Å². The van der Waals surface area contributed by atoms with Crippen molar-refractivity contribution >= 4 is 39.2 Å². The first kappa shape index (κ1) is 21.9. The minimum atomic E-state index is -3.90. The van der Waals surface area contributed by atoms with Crippen LogP contribution < -0.4 is 10.0 Å². The van der Waals surface area contributed by atoms with Gasteiger partial charge in [0.2, 0.25) is 10.0 Å². The van der Waals surface area contributed by atoms with Crippen LogP contribution >= 0.6 is 11.6 Å². The lowest BCUT2D eigenvalue weighted by molar-refractivity contribution is -0.150. The summed E-state index contributed by atoms with van der Waals surface area (Å²) in [5, 5.41) is 3.08. The lowest BCUT2D eigenvalue weighted by atomic mass is 10.1. The summed E-state index contributed by atoms with van der Waals surface area (Å²) in [6.45, 7) is 2.80. The fourth-order valence-corrected chi connectivity index (χ4v) is 3.73. The van der Waals surface area contributed by atoms with Crippen molar-refractivity contribution in [2.24, 2.45) is 5.92 Å². The fraction of sp³-hybridized carbons (Fsp3) is 0.263. The highest BCUT2D eigenvalue weighted by molar-refractivity contribution is 7.89. The number of carbonyl (C=O) groups is 2. The quantitative estimate of drug-likeness (QED) is 0.634. The number of rotatable bonds is 8. The second-order valence-corrected chi connectivity index (χ2v) is 8.47. The van der Waals surface area contributed by atoms with Crippen LogP contribution in [-0.2, 0) is 24.3 Å². The van der Waals surface area contributed by atoms with Gasteiger partial charge in [-0.2, -0.15) is 4.72 Å². The molecular weight excluding hydrogens is 404 g/mol. The van der Waals surface area contributed by atoms with E-state index in [1.165, 1.54) is 12.1 Å². The van der Waals surface area contributed by atoms with Crippen LogP contribution in [0, 0.1) is 5.92 Å². The van der Waals surface area contributed by atoms with Crippen molar-refractivity contribution in [3.8, 4) is 0 Å². The maximum absolute atomic E-state index is 12.4. The van der Waals surface area contributed by atoms with E-state index in [9.17, 15) is 18.0 Å². The number of nitrogens with one attached hydrogen (secondary N) is 2. The molecule has 0 saturated carbocycles. The number of esters is 1. The molecule has 0 fully saturated rings. The van der Waals surface area contributed by atoms with Gasteiger partial charge in [0.15, 0.2) is 6.61 Å². The van der Waals surface area contributed by atoms with Crippen molar-refractivity contribution in [3.63, 3.8) is 0 Å². The molecule has 2 aromatic carbocycles. The van der Waals surface area contributed by atoms with Gasteiger partial charge in [-0.1, -0.05) is 43.6 Å². The van der Waals surface area contributed by atoms with E-state index in [1.807, 2.05) is 0 Å². The van der Waals surface area contributed by atoms with Gasteiger partial charge >= 0.3 is 5.97 Å². The van der Waals surface area contributed by atoms with Gasteiger partial charge in [0.25, 0.3) is 5.91 Å². The Kier molecular flexibility index (Phi) is 7.56.